The van der Waals surface area contributed by atoms with Crippen molar-refractivity contribution in [3.05, 3.63) is 48.3 Å². The first-order valence-corrected chi connectivity index (χ1v) is 6.64. The molecule has 21 heavy (non-hydrogen) atoms. The van der Waals surface area contributed by atoms with Crippen LogP contribution in [0, 0.1) is 11.3 Å². The van der Waals surface area contributed by atoms with E-state index in [-0.39, 0.29) is 6.61 Å². The number of hydrogen-bond donors (Lipinski definition) is 1. The summed E-state index contributed by atoms with van der Waals surface area (Å²) in [6.07, 6.45) is 3.60. The predicted molar refractivity (Wildman–Crippen MR) is 83.4 cm³/mol. The second kappa shape index (κ2) is 7.15. The van der Waals surface area contributed by atoms with E-state index in [0.29, 0.717) is 12.3 Å². The van der Waals surface area contributed by atoms with E-state index in [1.54, 1.807) is 6.20 Å². The monoisotopic (exact) mass is 282 g/mol. The van der Waals surface area contributed by atoms with Crippen LogP contribution >= 0.6 is 0 Å². The molecule has 2 rings (SSSR count). The van der Waals surface area contributed by atoms with E-state index in [4.69, 9.17) is 10.00 Å². The van der Waals surface area contributed by atoms with Crippen LogP contribution in [0.4, 0.5) is 11.4 Å². The first kappa shape index (κ1) is 14.7. The standard InChI is InChI=1S/C16H18N4O/c1-20(2)16-7-9-18-12-15(16)19-11-13-3-5-14(6-4-13)21-10-8-17/h3-7,9,12,19H,10-11H2,1-2H3. The van der Waals surface area contributed by atoms with Gasteiger partial charge in [0.25, 0.3) is 0 Å². The predicted octanol–water partition coefficient (Wildman–Crippen LogP) is 2.66. The lowest BCUT2D eigenvalue weighted by Gasteiger charge is -2.17. The molecule has 1 aromatic heterocycles. The minimum absolute atomic E-state index is 0.0689. The Morgan fingerprint density at radius 1 is 1.24 bits per heavy atom. The number of hydrogen-bond acceptors (Lipinski definition) is 5. The summed E-state index contributed by atoms with van der Waals surface area (Å²) in [6.45, 7) is 0.768. The maximum absolute atomic E-state index is 8.47. The molecule has 0 aliphatic heterocycles. The van der Waals surface area contributed by atoms with Crippen LogP contribution in [0.25, 0.3) is 0 Å². The topological polar surface area (TPSA) is 61.2 Å². The van der Waals surface area contributed by atoms with Gasteiger partial charge < -0.3 is 15.0 Å². The van der Waals surface area contributed by atoms with E-state index in [1.807, 2.05) is 61.6 Å². The van der Waals surface area contributed by atoms with Crippen LogP contribution in [0.5, 0.6) is 5.75 Å². The zero-order chi connectivity index (χ0) is 15.1. The Labute approximate surface area is 124 Å². The normalized spacial score (nSPS) is 9.76. The van der Waals surface area contributed by atoms with Crippen molar-refractivity contribution in [3.63, 3.8) is 0 Å². The summed E-state index contributed by atoms with van der Waals surface area (Å²) in [5.41, 5.74) is 3.22. The number of ether oxygens (including phenoxy) is 1. The van der Waals surface area contributed by atoms with Crippen LogP contribution in [0.2, 0.25) is 0 Å². The van der Waals surface area contributed by atoms with Crippen molar-refractivity contribution in [1.82, 2.24) is 4.98 Å². The Morgan fingerprint density at radius 3 is 2.67 bits per heavy atom. The maximum Gasteiger partial charge on any atom is 0.174 e. The van der Waals surface area contributed by atoms with Crippen molar-refractivity contribution in [2.45, 2.75) is 6.54 Å². The Morgan fingerprint density at radius 2 is 2.00 bits per heavy atom. The first-order valence-electron chi connectivity index (χ1n) is 6.64. The molecule has 0 bridgehead atoms. The fourth-order valence-electron chi connectivity index (χ4n) is 1.93. The van der Waals surface area contributed by atoms with E-state index < -0.39 is 0 Å². The summed E-state index contributed by atoms with van der Waals surface area (Å²) in [5.74, 6) is 0.704. The van der Waals surface area contributed by atoms with E-state index in [0.717, 1.165) is 16.9 Å². The summed E-state index contributed by atoms with van der Waals surface area (Å²) in [4.78, 5) is 6.19. The Hall–Kier alpha value is -2.74. The van der Waals surface area contributed by atoms with Gasteiger partial charge in [-0.15, -0.1) is 0 Å². The molecule has 0 spiro atoms. The first-order chi connectivity index (χ1) is 10.2. The molecule has 0 aliphatic carbocycles. The number of pyridine rings is 1. The average molecular weight is 282 g/mol. The highest BCUT2D eigenvalue weighted by molar-refractivity contribution is 5.68. The third-order valence-corrected chi connectivity index (χ3v) is 2.99. The smallest absolute Gasteiger partial charge is 0.174 e. The summed E-state index contributed by atoms with van der Waals surface area (Å²) < 4.78 is 5.23. The summed E-state index contributed by atoms with van der Waals surface area (Å²) in [6, 6.07) is 11.6. The summed E-state index contributed by atoms with van der Waals surface area (Å²) in [7, 11) is 4.00. The fraction of sp³-hybridized carbons (Fsp3) is 0.250. The van der Waals surface area contributed by atoms with Crippen LogP contribution in [0.3, 0.4) is 0 Å². The van der Waals surface area contributed by atoms with Gasteiger partial charge in [-0.3, -0.25) is 4.98 Å². The molecule has 1 heterocycles. The third kappa shape index (κ3) is 4.11. The molecule has 5 nitrogen and oxygen atoms in total. The minimum atomic E-state index is 0.0689. The molecule has 0 atom stereocenters. The lowest BCUT2D eigenvalue weighted by atomic mass is 10.2. The third-order valence-electron chi connectivity index (χ3n) is 2.99. The summed E-state index contributed by atoms with van der Waals surface area (Å²) >= 11 is 0. The molecule has 0 fully saturated rings. The molecule has 108 valence electrons. The van der Waals surface area contributed by atoms with Crippen LogP contribution in [0.1, 0.15) is 5.56 Å². The highest BCUT2D eigenvalue weighted by atomic mass is 16.5. The van der Waals surface area contributed by atoms with E-state index in [9.17, 15) is 0 Å². The van der Waals surface area contributed by atoms with Gasteiger partial charge in [-0.2, -0.15) is 5.26 Å². The largest absolute Gasteiger partial charge is 0.479 e. The van der Waals surface area contributed by atoms with Crippen molar-refractivity contribution in [1.29, 1.82) is 5.26 Å². The van der Waals surface area contributed by atoms with Crippen molar-refractivity contribution in [2.75, 3.05) is 30.9 Å². The Balaban J connectivity index is 1.99. The van der Waals surface area contributed by atoms with Crippen molar-refractivity contribution in [2.24, 2.45) is 0 Å². The number of nitriles is 1. The van der Waals surface area contributed by atoms with Gasteiger partial charge in [0.2, 0.25) is 0 Å². The number of benzene rings is 1. The van der Waals surface area contributed by atoms with Gasteiger partial charge in [-0.25, -0.2) is 0 Å². The minimum Gasteiger partial charge on any atom is -0.479 e. The average Bonchev–Trinajstić information content (AvgIpc) is 2.52. The van der Waals surface area contributed by atoms with E-state index >= 15 is 0 Å². The van der Waals surface area contributed by atoms with Crippen molar-refractivity contribution in [3.8, 4) is 11.8 Å². The number of nitrogens with one attached hydrogen (secondary N) is 1. The Bertz CT molecular complexity index is 617. The SMILES string of the molecule is CN(C)c1ccncc1NCc1ccc(OCC#N)cc1. The molecule has 0 saturated carbocycles. The molecular formula is C16H18N4O. The zero-order valence-corrected chi connectivity index (χ0v) is 12.2. The summed E-state index contributed by atoms with van der Waals surface area (Å²) in [5, 5.41) is 11.8. The van der Waals surface area contributed by atoms with Crippen LogP contribution in [-0.4, -0.2) is 25.7 Å². The van der Waals surface area contributed by atoms with Gasteiger partial charge >= 0.3 is 0 Å². The molecule has 0 unspecified atom stereocenters. The van der Waals surface area contributed by atoms with Crippen LogP contribution in [-0.2, 0) is 6.54 Å². The fourth-order valence-corrected chi connectivity index (χ4v) is 1.93. The van der Waals surface area contributed by atoms with Gasteiger partial charge in [0.05, 0.1) is 17.6 Å². The van der Waals surface area contributed by atoms with Gasteiger partial charge in [-0.1, -0.05) is 12.1 Å². The molecule has 5 heteroatoms. The number of aromatic nitrogens is 1. The molecule has 0 radical (unpaired) electrons. The molecule has 2 aromatic rings. The molecular weight excluding hydrogens is 264 g/mol. The number of nitrogens with zero attached hydrogens (tertiary/aromatic N) is 3. The number of anilines is 2. The Kier molecular flexibility index (Phi) is 4.99. The second-order valence-corrected chi connectivity index (χ2v) is 4.73. The second-order valence-electron chi connectivity index (χ2n) is 4.73. The van der Waals surface area contributed by atoms with Crippen LogP contribution in [0.15, 0.2) is 42.7 Å². The lowest BCUT2D eigenvalue weighted by Crippen LogP contribution is -2.12. The van der Waals surface area contributed by atoms with Crippen LogP contribution < -0.4 is 15.0 Å². The number of rotatable bonds is 6. The van der Waals surface area contributed by atoms with Crippen molar-refractivity contribution >= 4 is 11.4 Å². The highest BCUT2D eigenvalue weighted by Gasteiger charge is 2.04. The van der Waals surface area contributed by atoms with Gasteiger partial charge in [0, 0.05) is 26.8 Å². The molecule has 0 saturated heterocycles. The zero-order valence-electron chi connectivity index (χ0n) is 12.2. The molecule has 0 aliphatic rings. The van der Waals surface area contributed by atoms with E-state index in [1.165, 1.54) is 0 Å². The lowest BCUT2D eigenvalue weighted by molar-refractivity contribution is 0.368. The quantitative estimate of drug-likeness (QED) is 0.882. The van der Waals surface area contributed by atoms with Crippen molar-refractivity contribution < 1.29 is 4.74 Å². The molecule has 0 amide bonds. The maximum atomic E-state index is 8.47. The van der Waals surface area contributed by atoms with Gasteiger partial charge in [0.15, 0.2) is 6.61 Å². The molecule has 1 aromatic carbocycles. The van der Waals surface area contributed by atoms with Gasteiger partial charge in [0.1, 0.15) is 11.8 Å². The molecule has 1 N–H and O–H groups in total. The van der Waals surface area contributed by atoms with E-state index in [2.05, 4.69) is 10.3 Å². The highest BCUT2D eigenvalue weighted by Crippen LogP contribution is 2.23. The van der Waals surface area contributed by atoms with Gasteiger partial charge in [-0.05, 0) is 23.8 Å².